The summed E-state index contributed by atoms with van der Waals surface area (Å²) in [5, 5.41) is 0. The van der Waals surface area contributed by atoms with Gasteiger partial charge in [-0.1, -0.05) is 114 Å². The van der Waals surface area contributed by atoms with Gasteiger partial charge in [0, 0.05) is 0 Å². The highest BCUT2D eigenvalue weighted by atomic mass is 127. The summed E-state index contributed by atoms with van der Waals surface area (Å²) in [6.07, 6.45) is 12.2. The lowest BCUT2D eigenvalue weighted by molar-refractivity contribution is -0.100. The van der Waals surface area contributed by atoms with Gasteiger partial charge in [-0.15, -0.1) is 0 Å². The lowest BCUT2D eigenvalue weighted by Crippen LogP contribution is -2.48. The molecule has 2 heteroatoms. The summed E-state index contributed by atoms with van der Waals surface area (Å²) < 4.78 is 9.66. The van der Waals surface area contributed by atoms with Crippen molar-refractivity contribution in [1.29, 1.82) is 0 Å². The van der Waals surface area contributed by atoms with Crippen molar-refractivity contribution in [3.63, 3.8) is 0 Å². The van der Waals surface area contributed by atoms with Crippen LogP contribution in [0.1, 0.15) is 61.6 Å². The molecular weight excluding hydrogens is 539 g/mol. The Morgan fingerprint density at radius 2 is 1.11 bits per heavy atom. The Morgan fingerprint density at radius 1 is 0.714 bits per heavy atom. The first-order valence-electron chi connectivity index (χ1n) is 13.3. The van der Waals surface area contributed by atoms with E-state index in [1.807, 2.05) is 0 Å². The van der Waals surface area contributed by atoms with Gasteiger partial charge in [0.25, 0.3) is 0 Å². The van der Waals surface area contributed by atoms with E-state index in [2.05, 4.69) is 124 Å². The predicted molar refractivity (Wildman–Crippen MR) is 152 cm³/mol. The van der Waals surface area contributed by atoms with Gasteiger partial charge in [-0.25, -0.2) is 0 Å². The summed E-state index contributed by atoms with van der Waals surface area (Å²) in [5.41, 5.74) is 3.36. The van der Waals surface area contributed by atoms with Crippen molar-refractivity contribution in [2.45, 2.75) is 56.7 Å². The molecule has 4 bridgehead atoms. The first kappa shape index (κ1) is 23.5. The van der Waals surface area contributed by atoms with Crippen molar-refractivity contribution in [2.75, 3.05) is 0 Å². The first-order chi connectivity index (χ1) is 17.2. The molecule has 7 rings (SSSR count). The van der Waals surface area contributed by atoms with Crippen molar-refractivity contribution >= 4 is 22.6 Å². The van der Waals surface area contributed by atoms with Crippen LogP contribution in [0.2, 0.25) is 0 Å². The highest BCUT2D eigenvalue weighted by molar-refractivity contribution is 14.1. The van der Waals surface area contributed by atoms with Gasteiger partial charge in [-0.3, -0.25) is 0 Å². The third-order valence-electron chi connectivity index (χ3n) is 8.96. The maximum atomic E-state index is 7.48. The number of hydrogen-bond acceptors (Lipinski definition) is 1. The Bertz CT molecular complexity index is 1010. The van der Waals surface area contributed by atoms with Crippen LogP contribution in [0.15, 0.2) is 101 Å². The standard InChI is InChI=1S/C33H35IO/c34-17-16-31(24-32-21-25-18-26(22-32)20-27(19-25)23-32)35-33(28-10-4-1-5-11-28,29-12-6-2-7-13-29)30-14-8-3-9-15-30/h1-17,25-27,31H,18-24H2. The van der Waals surface area contributed by atoms with Crippen LogP contribution >= 0.6 is 22.6 Å². The van der Waals surface area contributed by atoms with Gasteiger partial charge in [0.15, 0.2) is 0 Å². The summed E-state index contributed by atoms with van der Waals surface area (Å²) in [4.78, 5) is 0. The van der Waals surface area contributed by atoms with E-state index >= 15 is 0 Å². The van der Waals surface area contributed by atoms with Gasteiger partial charge in [-0.2, -0.15) is 0 Å². The quantitative estimate of drug-likeness (QED) is 0.193. The molecule has 3 aromatic rings. The molecule has 0 aromatic heterocycles. The summed E-state index contributed by atoms with van der Waals surface area (Å²) in [6.45, 7) is 0. The second-order valence-corrected chi connectivity index (χ2v) is 12.1. The largest absolute Gasteiger partial charge is 0.353 e. The van der Waals surface area contributed by atoms with E-state index in [0.29, 0.717) is 5.41 Å². The highest BCUT2D eigenvalue weighted by Gasteiger charge is 2.52. The lowest BCUT2D eigenvalue weighted by Gasteiger charge is -2.57. The molecule has 1 nitrogen and oxygen atoms in total. The predicted octanol–water partition coefficient (Wildman–Crippen LogP) is 8.92. The van der Waals surface area contributed by atoms with E-state index in [1.54, 1.807) is 0 Å². The molecule has 0 N–H and O–H groups in total. The first-order valence-corrected chi connectivity index (χ1v) is 14.5. The Labute approximate surface area is 224 Å². The van der Waals surface area contributed by atoms with Crippen molar-refractivity contribution in [3.8, 4) is 0 Å². The molecule has 35 heavy (non-hydrogen) atoms. The van der Waals surface area contributed by atoms with Crippen LogP contribution in [-0.2, 0) is 10.3 Å². The number of hydrogen-bond donors (Lipinski definition) is 0. The summed E-state index contributed by atoms with van der Waals surface area (Å²) in [7, 11) is 0. The fourth-order valence-electron chi connectivity index (χ4n) is 8.15. The summed E-state index contributed by atoms with van der Waals surface area (Å²) in [6, 6.07) is 32.5. The zero-order chi connectivity index (χ0) is 23.7. The van der Waals surface area contributed by atoms with E-state index in [0.717, 1.165) is 24.2 Å². The second-order valence-electron chi connectivity index (χ2n) is 11.4. The van der Waals surface area contributed by atoms with E-state index in [9.17, 15) is 0 Å². The average molecular weight is 575 g/mol. The SMILES string of the molecule is IC=CC(CC12CC3CC(CC(C3)C1)C2)OC(c1ccccc1)(c1ccccc1)c1ccccc1. The van der Waals surface area contributed by atoms with Crippen molar-refractivity contribution in [3.05, 3.63) is 118 Å². The number of benzene rings is 3. The average Bonchev–Trinajstić information content (AvgIpc) is 2.88. The molecule has 0 aliphatic heterocycles. The molecule has 0 amide bonds. The topological polar surface area (TPSA) is 9.23 Å². The second kappa shape index (κ2) is 9.86. The van der Waals surface area contributed by atoms with Crippen LogP contribution in [0, 0.1) is 23.2 Å². The molecule has 180 valence electrons. The van der Waals surface area contributed by atoms with Gasteiger partial charge in [-0.05, 0) is 95.0 Å². The van der Waals surface area contributed by atoms with Crippen LogP contribution in [0.5, 0.6) is 0 Å². The molecule has 0 heterocycles. The smallest absolute Gasteiger partial charge is 0.144 e. The summed E-state index contributed by atoms with van der Waals surface area (Å²) >= 11 is 2.38. The van der Waals surface area contributed by atoms with Gasteiger partial charge < -0.3 is 4.74 Å². The van der Waals surface area contributed by atoms with Crippen LogP contribution in [-0.4, -0.2) is 6.10 Å². The van der Waals surface area contributed by atoms with Crippen LogP contribution in [0.4, 0.5) is 0 Å². The molecule has 4 fully saturated rings. The molecule has 4 saturated carbocycles. The van der Waals surface area contributed by atoms with Crippen LogP contribution in [0.3, 0.4) is 0 Å². The van der Waals surface area contributed by atoms with E-state index < -0.39 is 5.60 Å². The van der Waals surface area contributed by atoms with E-state index in [1.165, 1.54) is 55.2 Å². The Balaban J connectivity index is 1.44. The fraction of sp³-hybridized carbons (Fsp3) is 0.394. The molecule has 0 spiro atoms. The molecule has 0 radical (unpaired) electrons. The molecule has 1 unspecified atom stereocenters. The summed E-state index contributed by atoms with van der Waals surface area (Å²) in [5.74, 6) is 2.85. The van der Waals surface area contributed by atoms with E-state index in [4.69, 9.17) is 4.74 Å². The number of ether oxygens (including phenoxy) is 1. The zero-order valence-corrected chi connectivity index (χ0v) is 22.5. The molecule has 1 atom stereocenters. The molecule has 3 aromatic carbocycles. The van der Waals surface area contributed by atoms with Gasteiger partial charge in [0.2, 0.25) is 0 Å². The Hall–Kier alpha value is -1.91. The monoisotopic (exact) mass is 574 g/mol. The molecule has 4 aliphatic carbocycles. The van der Waals surface area contributed by atoms with Crippen LogP contribution < -0.4 is 0 Å². The maximum absolute atomic E-state index is 7.48. The van der Waals surface area contributed by atoms with E-state index in [-0.39, 0.29) is 6.10 Å². The van der Waals surface area contributed by atoms with Gasteiger partial charge in [0.1, 0.15) is 5.60 Å². The lowest BCUT2D eigenvalue weighted by atomic mass is 9.48. The minimum absolute atomic E-state index is 0.0590. The number of halogens is 1. The molecule has 0 saturated heterocycles. The minimum atomic E-state index is -0.660. The van der Waals surface area contributed by atoms with Crippen molar-refractivity contribution in [1.82, 2.24) is 0 Å². The van der Waals surface area contributed by atoms with Crippen molar-refractivity contribution < 1.29 is 4.74 Å². The minimum Gasteiger partial charge on any atom is -0.353 e. The van der Waals surface area contributed by atoms with Crippen molar-refractivity contribution in [2.24, 2.45) is 23.2 Å². The fourth-order valence-corrected chi connectivity index (χ4v) is 8.61. The number of rotatable bonds is 8. The zero-order valence-electron chi connectivity index (χ0n) is 20.4. The van der Waals surface area contributed by atoms with Crippen LogP contribution in [0.25, 0.3) is 0 Å². The normalized spacial score (nSPS) is 28.4. The third-order valence-corrected chi connectivity index (χ3v) is 9.37. The molecule has 4 aliphatic rings. The Morgan fingerprint density at radius 3 is 1.49 bits per heavy atom. The molecular formula is C33H35IO. The van der Waals surface area contributed by atoms with Gasteiger partial charge in [0.05, 0.1) is 6.10 Å². The third kappa shape index (κ3) is 4.53. The Kier molecular flexibility index (Phi) is 6.62. The highest BCUT2D eigenvalue weighted by Crippen LogP contribution is 2.62. The van der Waals surface area contributed by atoms with Gasteiger partial charge >= 0.3 is 0 Å². The maximum Gasteiger partial charge on any atom is 0.144 e.